The molecule has 0 radical (unpaired) electrons. The van der Waals surface area contributed by atoms with Gasteiger partial charge in [0, 0.05) is 17.6 Å². The van der Waals surface area contributed by atoms with Crippen molar-refractivity contribution < 1.29 is 14.3 Å². The van der Waals surface area contributed by atoms with Crippen molar-refractivity contribution in [2.24, 2.45) is 0 Å². The number of amides is 2. The first-order chi connectivity index (χ1) is 11.8. The highest BCUT2D eigenvalue weighted by Crippen LogP contribution is 2.20. The summed E-state index contributed by atoms with van der Waals surface area (Å²) in [6.07, 6.45) is 2.66. The molecule has 3 N–H and O–H groups in total. The number of nitrogens with one attached hydrogen (secondary N) is 3. The Morgan fingerprint density at radius 2 is 2.16 bits per heavy atom. The molecule has 0 unspecified atom stereocenters. The molecule has 0 spiro atoms. The Bertz CT molecular complexity index is 780. The average molecular weight is 345 g/mol. The first kappa shape index (κ1) is 17.2. The minimum Gasteiger partial charge on any atom is -0.443 e. The van der Waals surface area contributed by atoms with Gasteiger partial charge in [0.1, 0.15) is 11.6 Å². The highest BCUT2D eigenvalue weighted by Gasteiger charge is 2.33. The van der Waals surface area contributed by atoms with Crippen molar-refractivity contribution >= 4 is 28.6 Å². The third-order valence-electron chi connectivity index (χ3n) is 3.90. The van der Waals surface area contributed by atoms with Crippen LogP contribution < -0.4 is 10.7 Å². The molecule has 1 aromatic carbocycles. The van der Waals surface area contributed by atoms with Gasteiger partial charge in [0.05, 0.1) is 11.7 Å². The Hall–Kier alpha value is -2.61. The molecular weight excluding hydrogens is 322 g/mol. The largest absolute Gasteiger partial charge is 0.443 e. The number of carbonyl (C=O) groups is 2. The fourth-order valence-corrected chi connectivity index (χ4v) is 2.84. The average Bonchev–Trinajstić information content (AvgIpc) is 3.13. The zero-order valence-corrected chi connectivity index (χ0v) is 14.6. The summed E-state index contributed by atoms with van der Waals surface area (Å²) in [7, 11) is 0. The van der Waals surface area contributed by atoms with E-state index in [4.69, 9.17) is 4.74 Å². The molecule has 134 valence electrons. The van der Waals surface area contributed by atoms with Crippen LogP contribution in [0.1, 0.15) is 33.6 Å². The van der Waals surface area contributed by atoms with Crippen LogP contribution in [0, 0.1) is 0 Å². The Morgan fingerprint density at radius 3 is 2.92 bits per heavy atom. The van der Waals surface area contributed by atoms with E-state index in [0.717, 1.165) is 17.3 Å². The van der Waals surface area contributed by atoms with Crippen LogP contribution in [0.2, 0.25) is 0 Å². The second kappa shape index (κ2) is 6.72. The van der Waals surface area contributed by atoms with Crippen molar-refractivity contribution in [1.82, 2.24) is 20.6 Å². The van der Waals surface area contributed by atoms with Crippen LogP contribution in [0.3, 0.4) is 0 Å². The van der Waals surface area contributed by atoms with Gasteiger partial charge in [-0.2, -0.15) is 5.10 Å². The van der Waals surface area contributed by atoms with Gasteiger partial charge < -0.3 is 10.1 Å². The highest BCUT2D eigenvalue weighted by atomic mass is 16.6. The third-order valence-corrected chi connectivity index (χ3v) is 3.90. The zero-order valence-electron chi connectivity index (χ0n) is 14.6. The summed E-state index contributed by atoms with van der Waals surface area (Å²) in [5.41, 5.74) is 3.70. The van der Waals surface area contributed by atoms with Gasteiger partial charge in [0.25, 0.3) is 0 Å². The maximum Gasteiger partial charge on any atom is 0.422 e. The van der Waals surface area contributed by atoms with Gasteiger partial charge in [-0.05, 0) is 51.8 Å². The number of fused-ring (bicyclic) bond motifs is 1. The van der Waals surface area contributed by atoms with Crippen molar-refractivity contribution in [3.8, 4) is 0 Å². The minimum atomic E-state index is -0.582. The number of benzene rings is 1. The summed E-state index contributed by atoms with van der Waals surface area (Å²) in [5.74, 6) is -0.156. The topological polar surface area (TPSA) is 99.4 Å². The number of nitrogens with zero attached hydrogens (tertiary/aromatic N) is 2. The lowest BCUT2D eigenvalue weighted by Crippen LogP contribution is -2.51. The van der Waals surface area contributed by atoms with Gasteiger partial charge in [-0.3, -0.25) is 15.3 Å². The molecule has 1 saturated heterocycles. The summed E-state index contributed by atoms with van der Waals surface area (Å²) in [4.78, 5) is 24.5. The van der Waals surface area contributed by atoms with E-state index in [-0.39, 0.29) is 5.91 Å². The van der Waals surface area contributed by atoms with Crippen LogP contribution in [0.15, 0.2) is 24.4 Å². The number of hydrazine groups is 1. The number of ether oxygens (including phenoxy) is 1. The predicted molar refractivity (Wildman–Crippen MR) is 93.8 cm³/mol. The van der Waals surface area contributed by atoms with Crippen LogP contribution in [0.4, 0.5) is 10.5 Å². The van der Waals surface area contributed by atoms with E-state index in [2.05, 4.69) is 20.9 Å². The number of aromatic amines is 1. The van der Waals surface area contributed by atoms with E-state index in [9.17, 15) is 9.59 Å². The lowest BCUT2D eigenvalue weighted by Gasteiger charge is -2.26. The van der Waals surface area contributed by atoms with Crippen LogP contribution in [-0.4, -0.2) is 45.4 Å². The van der Waals surface area contributed by atoms with Gasteiger partial charge in [-0.25, -0.2) is 9.80 Å². The maximum atomic E-state index is 12.6. The number of hydrogen-bond donors (Lipinski definition) is 3. The quantitative estimate of drug-likeness (QED) is 0.793. The molecule has 0 aliphatic carbocycles. The molecule has 1 fully saturated rings. The molecule has 1 aromatic heterocycles. The van der Waals surface area contributed by atoms with Crippen LogP contribution >= 0.6 is 0 Å². The molecule has 8 heteroatoms. The van der Waals surface area contributed by atoms with E-state index in [0.29, 0.717) is 18.7 Å². The van der Waals surface area contributed by atoms with Gasteiger partial charge in [-0.15, -0.1) is 0 Å². The van der Waals surface area contributed by atoms with E-state index in [1.54, 1.807) is 32.0 Å². The van der Waals surface area contributed by atoms with Crippen molar-refractivity contribution in [2.75, 3.05) is 11.9 Å². The van der Waals surface area contributed by atoms with Crippen molar-refractivity contribution in [2.45, 2.75) is 45.3 Å². The highest BCUT2D eigenvalue weighted by molar-refractivity contribution is 5.97. The molecule has 25 heavy (non-hydrogen) atoms. The number of carbonyl (C=O) groups excluding carboxylic acids is 2. The second-order valence-corrected chi connectivity index (χ2v) is 7.13. The van der Waals surface area contributed by atoms with Crippen molar-refractivity contribution in [1.29, 1.82) is 0 Å². The SMILES string of the molecule is CC(C)(C)OC(=O)NN1CCC[C@@H]1C(=O)Nc1ccc2[nH]ncc2c1. The number of anilines is 1. The van der Waals surface area contributed by atoms with Gasteiger partial charge >= 0.3 is 6.09 Å². The van der Waals surface area contributed by atoms with E-state index in [1.165, 1.54) is 0 Å². The van der Waals surface area contributed by atoms with Crippen LogP contribution in [0.25, 0.3) is 10.9 Å². The van der Waals surface area contributed by atoms with Crippen LogP contribution in [-0.2, 0) is 9.53 Å². The fraction of sp³-hybridized carbons (Fsp3) is 0.471. The summed E-state index contributed by atoms with van der Waals surface area (Å²) in [5, 5.41) is 12.3. The Kier molecular flexibility index (Phi) is 4.63. The number of hydrogen-bond acceptors (Lipinski definition) is 5. The molecule has 1 atom stereocenters. The molecular formula is C17H23N5O3. The normalized spacial score (nSPS) is 18.3. The Labute approximate surface area is 145 Å². The summed E-state index contributed by atoms with van der Waals surface area (Å²) < 4.78 is 5.25. The molecule has 1 aliphatic rings. The monoisotopic (exact) mass is 345 g/mol. The Morgan fingerprint density at radius 1 is 1.36 bits per heavy atom. The summed E-state index contributed by atoms with van der Waals surface area (Å²) >= 11 is 0. The minimum absolute atomic E-state index is 0.156. The van der Waals surface area contributed by atoms with Crippen LogP contribution in [0.5, 0.6) is 0 Å². The molecule has 3 rings (SSSR count). The molecule has 0 saturated carbocycles. The Balaban J connectivity index is 1.63. The molecule has 2 amide bonds. The maximum absolute atomic E-state index is 12.6. The molecule has 8 nitrogen and oxygen atoms in total. The summed E-state index contributed by atoms with van der Waals surface area (Å²) in [6.45, 7) is 6.00. The number of aromatic nitrogens is 2. The zero-order chi connectivity index (χ0) is 18.0. The lowest BCUT2D eigenvalue weighted by molar-refractivity contribution is -0.121. The second-order valence-electron chi connectivity index (χ2n) is 7.13. The molecule has 0 bridgehead atoms. The number of H-pyrrole nitrogens is 1. The fourth-order valence-electron chi connectivity index (χ4n) is 2.84. The smallest absolute Gasteiger partial charge is 0.422 e. The van der Waals surface area contributed by atoms with Crippen molar-refractivity contribution in [3.05, 3.63) is 24.4 Å². The predicted octanol–water partition coefficient (Wildman–Crippen LogP) is 2.41. The van der Waals surface area contributed by atoms with E-state index < -0.39 is 17.7 Å². The third kappa shape index (κ3) is 4.27. The van der Waals surface area contributed by atoms with Crippen molar-refractivity contribution in [3.63, 3.8) is 0 Å². The summed E-state index contributed by atoms with van der Waals surface area (Å²) in [6, 6.07) is 5.12. The standard InChI is InChI=1S/C17H23N5O3/c1-17(2,3)25-16(24)21-22-8-4-5-14(22)15(23)19-12-6-7-13-11(9-12)10-18-20-13/h6-7,9-10,14H,4-5,8H2,1-3H3,(H,18,20)(H,19,23)(H,21,24)/t14-/m1/s1. The molecule has 2 aromatic rings. The van der Waals surface area contributed by atoms with Gasteiger partial charge in [0.15, 0.2) is 0 Å². The van der Waals surface area contributed by atoms with Gasteiger partial charge in [-0.1, -0.05) is 0 Å². The molecule has 2 heterocycles. The lowest BCUT2D eigenvalue weighted by atomic mass is 10.2. The van der Waals surface area contributed by atoms with E-state index >= 15 is 0 Å². The van der Waals surface area contributed by atoms with Gasteiger partial charge in [0.2, 0.25) is 5.91 Å². The van der Waals surface area contributed by atoms with E-state index in [1.807, 2.05) is 18.2 Å². The first-order valence-electron chi connectivity index (χ1n) is 8.32. The number of rotatable bonds is 3. The first-order valence-corrected chi connectivity index (χ1v) is 8.32. The molecule has 1 aliphatic heterocycles.